The highest BCUT2D eigenvalue weighted by atomic mass is 35.5. The number of carbonyl (C=O) groups is 1. The fraction of sp³-hybridized carbons (Fsp3) is 0.588. The van der Waals surface area contributed by atoms with Crippen LogP contribution in [-0.2, 0) is 11.2 Å². The molecule has 1 aliphatic rings. The van der Waals surface area contributed by atoms with Gasteiger partial charge in [0.2, 0.25) is 5.91 Å². The van der Waals surface area contributed by atoms with E-state index in [1.165, 1.54) is 12.0 Å². The number of methoxy groups -OCH3 is 1. The largest absolute Gasteiger partial charge is 0.496 e. The predicted octanol–water partition coefficient (Wildman–Crippen LogP) is 2.47. The van der Waals surface area contributed by atoms with Crippen LogP contribution in [0.15, 0.2) is 18.2 Å². The van der Waals surface area contributed by atoms with Crippen molar-refractivity contribution in [2.75, 3.05) is 26.7 Å². The highest BCUT2D eigenvalue weighted by Gasteiger charge is 2.15. The number of aryl methyl sites for hydroxylation is 1. The molecule has 0 aliphatic carbocycles. The molecule has 1 amide bonds. The van der Waals surface area contributed by atoms with Crippen LogP contribution in [0.5, 0.6) is 5.75 Å². The van der Waals surface area contributed by atoms with Crippen LogP contribution >= 0.6 is 12.4 Å². The van der Waals surface area contributed by atoms with Crippen LogP contribution < -0.4 is 15.4 Å². The van der Waals surface area contributed by atoms with Gasteiger partial charge in [0.25, 0.3) is 0 Å². The van der Waals surface area contributed by atoms with Gasteiger partial charge >= 0.3 is 0 Å². The molecule has 1 aromatic carbocycles. The van der Waals surface area contributed by atoms with E-state index in [0.29, 0.717) is 18.9 Å². The second-order valence-electron chi connectivity index (χ2n) is 5.80. The van der Waals surface area contributed by atoms with E-state index in [0.717, 1.165) is 37.2 Å². The Labute approximate surface area is 139 Å². The molecule has 0 aromatic heterocycles. The van der Waals surface area contributed by atoms with Gasteiger partial charge in [0.15, 0.2) is 0 Å². The lowest BCUT2D eigenvalue weighted by molar-refractivity contribution is -0.121. The molecule has 0 spiro atoms. The summed E-state index contributed by atoms with van der Waals surface area (Å²) in [4.78, 5) is 11.8. The van der Waals surface area contributed by atoms with Gasteiger partial charge in [-0.3, -0.25) is 4.79 Å². The molecule has 5 heteroatoms. The van der Waals surface area contributed by atoms with Gasteiger partial charge in [-0.25, -0.2) is 0 Å². The Morgan fingerprint density at radius 3 is 2.95 bits per heavy atom. The quantitative estimate of drug-likeness (QED) is 0.809. The van der Waals surface area contributed by atoms with Crippen LogP contribution in [0.3, 0.4) is 0 Å². The summed E-state index contributed by atoms with van der Waals surface area (Å²) in [7, 11) is 1.69. The number of hydrogen-bond acceptors (Lipinski definition) is 3. The van der Waals surface area contributed by atoms with E-state index in [4.69, 9.17) is 4.74 Å². The number of benzene rings is 1. The molecule has 1 saturated heterocycles. The maximum Gasteiger partial charge on any atom is 0.220 e. The van der Waals surface area contributed by atoms with Crippen molar-refractivity contribution in [2.45, 2.75) is 32.6 Å². The van der Waals surface area contributed by atoms with Crippen molar-refractivity contribution in [1.82, 2.24) is 10.6 Å². The van der Waals surface area contributed by atoms with Crippen LogP contribution in [0.2, 0.25) is 0 Å². The summed E-state index contributed by atoms with van der Waals surface area (Å²) < 4.78 is 5.32. The average molecular weight is 327 g/mol. The first-order valence-corrected chi connectivity index (χ1v) is 7.80. The Morgan fingerprint density at radius 1 is 1.45 bits per heavy atom. The first kappa shape index (κ1) is 18.8. The molecular formula is C17H27ClN2O2. The number of rotatable bonds is 7. The van der Waals surface area contributed by atoms with E-state index in [1.807, 2.05) is 13.0 Å². The average Bonchev–Trinajstić information content (AvgIpc) is 3.00. The van der Waals surface area contributed by atoms with Gasteiger partial charge in [0.05, 0.1) is 7.11 Å². The number of nitrogens with one attached hydrogen (secondary N) is 2. The molecule has 1 fully saturated rings. The third-order valence-corrected chi connectivity index (χ3v) is 4.15. The summed E-state index contributed by atoms with van der Waals surface area (Å²) in [6, 6.07) is 6.20. The van der Waals surface area contributed by atoms with Crippen molar-refractivity contribution >= 4 is 18.3 Å². The number of halogens is 1. The maximum atomic E-state index is 11.8. The van der Waals surface area contributed by atoms with Gasteiger partial charge in [0.1, 0.15) is 5.75 Å². The molecular weight excluding hydrogens is 300 g/mol. The van der Waals surface area contributed by atoms with Crippen molar-refractivity contribution in [3.63, 3.8) is 0 Å². The minimum atomic E-state index is 0. The first-order chi connectivity index (χ1) is 10.2. The Bertz CT molecular complexity index is 474. The summed E-state index contributed by atoms with van der Waals surface area (Å²) in [6.07, 6.45) is 3.69. The third kappa shape index (κ3) is 5.85. The smallest absolute Gasteiger partial charge is 0.220 e. The molecule has 1 unspecified atom stereocenters. The van der Waals surface area contributed by atoms with Gasteiger partial charge in [-0.2, -0.15) is 0 Å². The lowest BCUT2D eigenvalue weighted by Crippen LogP contribution is -2.26. The highest BCUT2D eigenvalue weighted by Crippen LogP contribution is 2.19. The lowest BCUT2D eigenvalue weighted by Gasteiger charge is -2.10. The van der Waals surface area contributed by atoms with E-state index < -0.39 is 0 Å². The summed E-state index contributed by atoms with van der Waals surface area (Å²) in [6.45, 7) is 4.88. The zero-order chi connectivity index (χ0) is 15.1. The fourth-order valence-electron chi connectivity index (χ4n) is 2.75. The molecule has 1 heterocycles. The van der Waals surface area contributed by atoms with Gasteiger partial charge in [-0.1, -0.05) is 12.1 Å². The van der Waals surface area contributed by atoms with Crippen molar-refractivity contribution in [2.24, 2.45) is 5.92 Å². The Kier molecular flexibility index (Phi) is 8.28. The number of ether oxygens (including phenoxy) is 1. The zero-order valence-corrected chi connectivity index (χ0v) is 14.3. The molecule has 4 nitrogen and oxygen atoms in total. The summed E-state index contributed by atoms with van der Waals surface area (Å²) in [5.74, 6) is 1.76. The van der Waals surface area contributed by atoms with E-state index in [-0.39, 0.29) is 18.3 Å². The van der Waals surface area contributed by atoms with E-state index in [9.17, 15) is 4.79 Å². The van der Waals surface area contributed by atoms with Crippen molar-refractivity contribution < 1.29 is 9.53 Å². The zero-order valence-electron chi connectivity index (χ0n) is 13.5. The number of carbonyl (C=O) groups excluding carboxylic acids is 1. The van der Waals surface area contributed by atoms with Gasteiger partial charge in [-0.05, 0) is 62.4 Å². The van der Waals surface area contributed by atoms with Crippen LogP contribution in [0.1, 0.15) is 30.4 Å². The molecule has 2 N–H and O–H groups in total. The van der Waals surface area contributed by atoms with Crippen molar-refractivity contribution in [3.05, 3.63) is 29.3 Å². The molecule has 124 valence electrons. The fourth-order valence-corrected chi connectivity index (χ4v) is 2.75. The second-order valence-corrected chi connectivity index (χ2v) is 5.80. The molecule has 0 bridgehead atoms. The van der Waals surface area contributed by atoms with Gasteiger partial charge < -0.3 is 15.4 Å². The first-order valence-electron chi connectivity index (χ1n) is 7.80. The topological polar surface area (TPSA) is 50.4 Å². The molecule has 1 aromatic rings. The monoisotopic (exact) mass is 326 g/mol. The van der Waals surface area contributed by atoms with Crippen LogP contribution in [0, 0.1) is 12.8 Å². The van der Waals surface area contributed by atoms with Crippen molar-refractivity contribution in [1.29, 1.82) is 0 Å². The third-order valence-electron chi connectivity index (χ3n) is 4.15. The SMILES string of the molecule is COc1cc(CCNC(=O)CCC2CCNC2)ccc1C.Cl. The molecule has 0 saturated carbocycles. The normalized spacial score (nSPS) is 16.9. The minimum absolute atomic E-state index is 0. The molecule has 22 heavy (non-hydrogen) atoms. The van der Waals surface area contributed by atoms with Gasteiger partial charge in [-0.15, -0.1) is 12.4 Å². The van der Waals surface area contributed by atoms with Gasteiger partial charge in [0, 0.05) is 13.0 Å². The molecule has 1 atom stereocenters. The van der Waals surface area contributed by atoms with Crippen LogP contribution in [-0.4, -0.2) is 32.7 Å². The standard InChI is InChI=1S/C17H26N2O2.ClH/c1-13-3-4-14(11-16(13)21-2)8-10-19-17(20)6-5-15-7-9-18-12-15;/h3-4,11,15,18H,5-10,12H2,1-2H3,(H,19,20);1H. The number of amides is 1. The molecule has 1 aliphatic heterocycles. The van der Waals surface area contributed by atoms with Crippen LogP contribution in [0.4, 0.5) is 0 Å². The predicted molar refractivity (Wildman–Crippen MR) is 91.9 cm³/mol. The Balaban J connectivity index is 0.00000242. The molecule has 0 radical (unpaired) electrons. The Morgan fingerprint density at radius 2 is 2.27 bits per heavy atom. The minimum Gasteiger partial charge on any atom is -0.496 e. The van der Waals surface area contributed by atoms with Crippen molar-refractivity contribution in [3.8, 4) is 5.75 Å². The highest BCUT2D eigenvalue weighted by molar-refractivity contribution is 5.85. The molecule has 2 rings (SSSR count). The lowest BCUT2D eigenvalue weighted by atomic mass is 10.0. The van der Waals surface area contributed by atoms with Crippen LogP contribution in [0.25, 0.3) is 0 Å². The second kappa shape index (κ2) is 9.70. The summed E-state index contributed by atoms with van der Waals surface area (Å²) >= 11 is 0. The Hall–Kier alpha value is -1.26. The van der Waals surface area contributed by atoms with E-state index >= 15 is 0 Å². The maximum absolute atomic E-state index is 11.8. The van der Waals surface area contributed by atoms with E-state index in [2.05, 4.69) is 22.8 Å². The van der Waals surface area contributed by atoms with E-state index in [1.54, 1.807) is 7.11 Å². The number of hydrogen-bond donors (Lipinski definition) is 2. The summed E-state index contributed by atoms with van der Waals surface area (Å²) in [5, 5.41) is 6.34. The summed E-state index contributed by atoms with van der Waals surface area (Å²) in [5.41, 5.74) is 2.33.